The summed E-state index contributed by atoms with van der Waals surface area (Å²) in [6.07, 6.45) is 8.20. The Labute approximate surface area is 95.2 Å². The molecule has 0 amide bonds. The summed E-state index contributed by atoms with van der Waals surface area (Å²) in [5.41, 5.74) is 6.06. The van der Waals surface area contributed by atoms with E-state index in [4.69, 9.17) is 5.73 Å². The van der Waals surface area contributed by atoms with Gasteiger partial charge in [0.15, 0.2) is 0 Å². The molecule has 1 saturated carbocycles. The second-order valence-corrected chi connectivity index (χ2v) is 5.89. The van der Waals surface area contributed by atoms with Crippen LogP contribution < -0.4 is 5.73 Å². The van der Waals surface area contributed by atoms with E-state index >= 15 is 0 Å². The first-order chi connectivity index (χ1) is 7.05. The molecule has 2 nitrogen and oxygen atoms in total. The number of nitrogens with zero attached hydrogens (tertiary/aromatic N) is 1. The minimum absolute atomic E-state index is 0.342. The van der Waals surface area contributed by atoms with Crippen LogP contribution in [0.25, 0.3) is 0 Å². The van der Waals surface area contributed by atoms with E-state index < -0.39 is 0 Å². The molecule has 0 radical (unpaired) electrons. The molecule has 2 heteroatoms. The maximum Gasteiger partial charge on any atom is 0.00922 e. The van der Waals surface area contributed by atoms with Crippen LogP contribution in [0.1, 0.15) is 52.4 Å². The van der Waals surface area contributed by atoms with Gasteiger partial charge >= 0.3 is 0 Å². The number of nitrogens with two attached hydrogens (primary N) is 1. The molecule has 1 rings (SSSR count). The lowest BCUT2D eigenvalue weighted by atomic mass is 9.87. The van der Waals surface area contributed by atoms with Crippen LogP contribution in [0.5, 0.6) is 0 Å². The van der Waals surface area contributed by atoms with Crippen LogP contribution in [0.15, 0.2) is 0 Å². The van der Waals surface area contributed by atoms with Crippen LogP contribution >= 0.6 is 0 Å². The van der Waals surface area contributed by atoms with E-state index in [1.54, 1.807) is 0 Å². The van der Waals surface area contributed by atoms with Crippen LogP contribution in [0.2, 0.25) is 0 Å². The molecule has 15 heavy (non-hydrogen) atoms. The quantitative estimate of drug-likeness (QED) is 0.657. The van der Waals surface area contributed by atoms with Crippen molar-refractivity contribution in [3.63, 3.8) is 0 Å². The van der Waals surface area contributed by atoms with Crippen molar-refractivity contribution in [1.29, 1.82) is 0 Å². The van der Waals surface area contributed by atoms with Crippen LogP contribution in [0.3, 0.4) is 0 Å². The predicted molar refractivity (Wildman–Crippen MR) is 67.0 cm³/mol. The first-order valence-electron chi connectivity index (χ1n) is 6.45. The Bertz CT molecular complexity index is 173. The van der Waals surface area contributed by atoms with Crippen molar-refractivity contribution in [2.45, 2.75) is 58.4 Å². The Kier molecular flexibility index (Phi) is 5.07. The van der Waals surface area contributed by atoms with Gasteiger partial charge in [-0.15, -0.1) is 0 Å². The Morgan fingerprint density at radius 2 is 1.93 bits per heavy atom. The smallest absolute Gasteiger partial charge is 0.00922 e. The molecule has 1 aliphatic carbocycles. The third-order valence-electron chi connectivity index (χ3n) is 3.87. The second kappa shape index (κ2) is 5.86. The molecule has 0 spiro atoms. The van der Waals surface area contributed by atoms with Gasteiger partial charge in [-0.05, 0) is 51.2 Å². The van der Waals surface area contributed by atoms with Gasteiger partial charge in [0.1, 0.15) is 0 Å². The summed E-state index contributed by atoms with van der Waals surface area (Å²) in [5.74, 6) is 0. The summed E-state index contributed by atoms with van der Waals surface area (Å²) in [5, 5.41) is 0. The van der Waals surface area contributed by atoms with Crippen molar-refractivity contribution >= 4 is 0 Å². The molecule has 1 fully saturated rings. The van der Waals surface area contributed by atoms with E-state index in [2.05, 4.69) is 25.8 Å². The Hall–Kier alpha value is -0.0800. The molecule has 0 bridgehead atoms. The largest absolute Gasteiger partial charge is 0.330 e. The third-order valence-corrected chi connectivity index (χ3v) is 3.87. The van der Waals surface area contributed by atoms with Crippen LogP contribution in [0.4, 0.5) is 0 Å². The Morgan fingerprint density at radius 1 is 1.27 bits per heavy atom. The van der Waals surface area contributed by atoms with Crippen molar-refractivity contribution in [1.82, 2.24) is 4.90 Å². The van der Waals surface area contributed by atoms with Gasteiger partial charge < -0.3 is 10.6 Å². The van der Waals surface area contributed by atoms with E-state index in [0.29, 0.717) is 5.41 Å². The molecule has 2 N–H and O–H groups in total. The van der Waals surface area contributed by atoms with Crippen LogP contribution in [-0.2, 0) is 0 Å². The second-order valence-electron chi connectivity index (χ2n) is 5.89. The molecule has 0 aromatic rings. The lowest BCUT2D eigenvalue weighted by Gasteiger charge is -2.35. The van der Waals surface area contributed by atoms with Gasteiger partial charge in [0.25, 0.3) is 0 Å². The zero-order chi connectivity index (χ0) is 11.3. The highest BCUT2D eigenvalue weighted by molar-refractivity contribution is 4.78. The van der Waals surface area contributed by atoms with E-state index in [1.807, 2.05) is 0 Å². The molecule has 0 saturated heterocycles. The van der Waals surface area contributed by atoms with Gasteiger partial charge in [-0.3, -0.25) is 0 Å². The van der Waals surface area contributed by atoms with Gasteiger partial charge in [0, 0.05) is 6.04 Å². The molecule has 0 atom stereocenters. The highest BCUT2D eigenvalue weighted by atomic mass is 15.1. The highest BCUT2D eigenvalue weighted by Gasteiger charge is 2.21. The van der Waals surface area contributed by atoms with E-state index in [-0.39, 0.29) is 0 Å². The minimum Gasteiger partial charge on any atom is -0.330 e. The number of rotatable bonds is 7. The zero-order valence-corrected chi connectivity index (χ0v) is 10.8. The van der Waals surface area contributed by atoms with Crippen molar-refractivity contribution in [2.24, 2.45) is 11.1 Å². The Balaban J connectivity index is 2.00. The minimum atomic E-state index is 0.342. The molecule has 0 aliphatic heterocycles. The van der Waals surface area contributed by atoms with E-state index in [1.165, 1.54) is 45.1 Å². The topological polar surface area (TPSA) is 29.3 Å². The monoisotopic (exact) mass is 212 g/mol. The summed E-state index contributed by atoms with van der Waals surface area (Å²) < 4.78 is 0. The van der Waals surface area contributed by atoms with E-state index in [9.17, 15) is 0 Å². The SMILES string of the molecule is CN(CCCCC(C)(C)CN)C1CCC1. The standard InChI is InChI=1S/C13H28N2/c1-13(2,11-14)9-4-5-10-15(3)12-7-6-8-12/h12H,4-11,14H2,1-3H3. The fourth-order valence-corrected chi connectivity index (χ4v) is 2.08. The molecule has 0 unspecified atom stereocenters. The number of hydrogen-bond acceptors (Lipinski definition) is 2. The molecule has 1 aliphatic rings. The zero-order valence-electron chi connectivity index (χ0n) is 10.8. The first-order valence-corrected chi connectivity index (χ1v) is 6.45. The van der Waals surface area contributed by atoms with Gasteiger partial charge in [0.2, 0.25) is 0 Å². The molecule has 0 aromatic heterocycles. The summed E-state index contributed by atoms with van der Waals surface area (Å²) in [4.78, 5) is 2.54. The summed E-state index contributed by atoms with van der Waals surface area (Å²) in [7, 11) is 2.28. The van der Waals surface area contributed by atoms with Gasteiger partial charge in [-0.25, -0.2) is 0 Å². The lowest BCUT2D eigenvalue weighted by Crippen LogP contribution is -2.37. The van der Waals surface area contributed by atoms with Gasteiger partial charge in [-0.2, -0.15) is 0 Å². The van der Waals surface area contributed by atoms with Crippen molar-refractivity contribution < 1.29 is 0 Å². The molecular weight excluding hydrogens is 184 g/mol. The molecule has 0 heterocycles. The average Bonchev–Trinajstić information content (AvgIpc) is 2.10. The van der Waals surface area contributed by atoms with Gasteiger partial charge in [0.05, 0.1) is 0 Å². The highest BCUT2D eigenvalue weighted by Crippen LogP contribution is 2.25. The average molecular weight is 212 g/mol. The van der Waals surface area contributed by atoms with E-state index in [0.717, 1.165) is 12.6 Å². The fraction of sp³-hybridized carbons (Fsp3) is 1.00. The molecule has 0 aromatic carbocycles. The third kappa shape index (κ3) is 4.52. The number of unbranched alkanes of at least 4 members (excludes halogenated alkanes) is 1. The first kappa shape index (κ1) is 13.0. The van der Waals surface area contributed by atoms with Crippen molar-refractivity contribution in [3.8, 4) is 0 Å². The van der Waals surface area contributed by atoms with Crippen LogP contribution in [-0.4, -0.2) is 31.1 Å². The fourth-order valence-electron chi connectivity index (χ4n) is 2.08. The van der Waals surface area contributed by atoms with Crippen LogP contribution in [0, 0.1) is 5.41 Å². The summed E-state index contributed by atoms with van der Waals surface area (Å²) in [6.45, 7) is 6.61. The molecule has 90 valence electrons. The Morgan fingerprint density at radius 3 is 2.40 bits per heavy atom. The summed E-state index contributed by atoms with van der Waals surface area (Å²) in [6, 6.07) is 0.896. The van der Waals surface area contributed by atoms with Crippen molar-refractivity contribution in [2.75, 3.05) is 20.1 Å². The molecular formula is C13H28N2. The van der Waals surface area contributed by atoms with Crippen molar-refractivity contribution in [3.05, 3.63) is 0 Å². The normalized spacial score (nSPS) is 18.2. The number of hydrogen-bond donors (Lipinski definition) is 1. The maximum atomic E-state index is 5.72. The maximum absolute atomic E-state index is 5.72. The van der Waals surface area contributed by atoms with Gasteiger partial charge in [-0.1, -0.05) is 26.7 Å². The summed E-state index contributed by atoms with van der Waals surface area (Å²) >= 11 is 0. The lowest BCUT2D eigenvalue weighted by molar-refractivity contribution is 0.155. The predicted octanol–water partition coefficient (Wildman–Crippen LogP) is 2.63.